The second-order valence-corrected chi connectivity index (χ2v) is 15.6. The molecule has 274 valence electrons. The van der Waals surface area contributed by atoms with Crippen molar-refractivity contribution < 1.29 is 4.57 Å². The fourth-order valence-corrected chi connectivity index (χ4v) is 8.09. The van der Waals surface area contributed by atoms with Gasteiger partial charge in [-0.3, -0.25) is 0 Å². The van der Waals surface area contributed by atoms with Gasteiger partial charge >= 0.3 is 0 Å². The molecule has 1 aromatic heterocycles. The molecule has 0 bridgehead atoms. The Labute approximate surface area is 304 Å². The lowest BCUT2D eigenvalue weighted by atomic mass is 9.70. The third-order valence-electron chi connectivity index (χ3n) is 11.3. The SMILES string of the molecule is CCCCCCCCCCCCCCCC[n+]1ccn(C(CCCCCCCCCCCC)C(C)(Cc2ccccc2)c2ccccc2)c1. The molecule has 0 aliphatic rings. The van der Waals surface area contributed by atoms with Gasteiger partial charge in [0.2, 0.25) is 6.33 Å². The molecule has 0 spiro atoms. The largest absolute Gasteiger partial charge is 0.244 e. The van der Waals surface area contributed by atoms with E-state index in [0.717, 1.165) is 13.0 Å². The van der Waals surface area contributed by atoms with Gasteiger partial charge in [-0.1, -0.05) is 216 Å². The Kier molecular flexibility index (Phi) is 22.2. The first-order valence-corrected chi connectivity index (χ1v) is 21.3. The van der Waals surface area contributed by atoms with Gasteiger partial charge in [0.05, 0.1) is 6.54 Å². The zero-order valence-corrected chi connectivity index (χ0v) is 32.6. The second kappa shape index (κ2) is 26.5. The summed E-state index contributed by atoms with van der Waals surface area (Å²) in [5.41, 5.74) is 2.90. The fourth-order valence-electron chi connectivity index (χ4n) is 8.09. The maximum absolute atomic E-state index is 2.59. The minimum Gasteiger partial charge on any atom is -0.237 e. The Bertz CT molecular complexity index is 1150. The summed E-state index contributed by atoms with van der Waals surface area (Å²) in [4.78, 5) is 0. The van der Waals surface area contributed by atoms with Crippen LogP contribution in [-0.4, -0.2) is 4.57 Å². The molecule has 0 saturated carbocycles. The molecule has 1 heterocycles. The first-order valence-electron chi connectivity index (χ1n) is 21.3. The van der Waals surface area contributed by atoms with Crippen LogP contribution in [0.1, 0.15) is 198 Å². The highest BCUT2D eigenvalue weighted by atomic mass is 15.1. The van der Waals surface area contributed by atoms with Crippen molar-refractivity contribution >= 4 is 0 Å². The lowest BCUT2D eigenvalue weighted by molar-refractivity contribution is -0.697. The van der Waals surface area contributed by atoms with E-state index in [1.165, 1.54) is 172 Å². The average molecular weight is 670 g/mol. The number of hydrogen-bond donors (Lipinski definition) is 0. The lowest BCUT2D eigenvalue weighted by Crippen LogP contribution is -2.38. The Morgan fingerprint density at radius 1 is 0.531 bits per heavy atom. The van der Waals surface area contributed by atoms with Gasteiger partial charge in [-0.2, -0.15) is 0 Å². The monoisotopic (exact) mass is 670 g/mol. The van der Waals surface area contributed by atoms with Crippen molar-refractivity contribution in [2.75, 3.05) is 0 Å². The van der Waals surface area contributed by atoms with Gasteiger partial charge in [0, 0.05) is 5.41 Å². The van der Waals surface area contributed by atoms with Crippen molar-refractivity contribution in [3.8, 4) is 0 Å². The van der Waals surface area contributed by atoms with Crippen LogP contribution < -0.4 is 4.57 Å². The molecule has 2 atom stereocenters. The molecule has 3 rings (SSSR count). The minimum atomic E-state index is 0.00773. The first kappa shape index (κ1) is 41.1. The van der Waals surface area contributed by atoms with Gasteiger partial charge in [-0.05, 0) is 43.2 Å². The van der Waals surface area contributed by atoms with Crippen molar-refractivity contribution in [2.45, 2.75) is 206 Å². The van der Waals surface area contributed by atoms with Gasteiger partial charge < -0.3 is 0 Å². The topological polar surface area (TPSA) is 8.81 Å². The number of aromatic nitrogens is 2. The molecule has 0 saturated heterocycles. The fraction of sp³-hybridized carbons (Fsp3) is 0.681. The normalized spacial score (nSPS) is 13.4. The van der Waals surface area contributed by atoms with Crippen LogP contribution >= 0.6 is 0 Å². The number of hydrogen-bond acceptors (Lipinski definition) is 0. The minimum absolute atomic E-state index is 0.00773. The Morgan fingerprint density at radius 3 is 1.45 bits per heavy atom. The smallest absolute Gasteiger partial charge is 0.237 e. The van der Waals surface area contributed by atoms with Crippen molar-refractivity contribution in [1.82, 2.24) is 4.57 Å². The summed E-state index contributed by atoms with van der Waals surface area (Å²) < 4.78 is 5.06. The highest BCUT2D eigenvalue weighted by Crippen LogP contribution is 2.41. The number of unbranched alkanes of at least 4 members (excludes halogenated alkanes) is 22. The predicted molar refractivity (Wildman–Crippen MR) is 214 cm³/mol. The highest BCUT2D eigenvalue weighted by molar-refractivity contribution is 5.30. The molecule has 2 unspecified atom stereocenters. The number of benzene rings is 2. The number of imidazole rings is 1. The van der Waals surface area contributed by atoms with Crippen LogP contribution in [0.5, 0.6) is 0 Å². The molecule has 2 nitrogen and oxygen atoms in total. The molecule has 2 aromatic carbocycles. The molecule has 0 N–H and O–H groups in total. The quantitative estimate of drug-likeness (QED) is 0.0476. The van der Waals surface area contributed by atoms with Gasteiger partial charge in [-0.15, -0.1) is 0 Å². The van der Waals surface area contributed by atoms with Gasteiger partial charge in [-0.25, -0.2) is 9.13 Å². The van der Waals surface area contributed by atoms with E-state index in [-0.39, 0.29) is 5.41 Å². The van der Waals surface area contributed by atoms with E-state index in [1.807, 2.05) is 0 Å². The summed E-state index contributed by atoms with van der Waals surface area (Å²) in [6.07, 6.45) is 43.1. The molecule has 0 fully saturated rings. The summed E-state index contributed by atoms with van der Waals surface area (Å²) in [6, 6.07) is 23.0. The van der Waals surface area contributed by atoms with E-state index in [4.69, 9.17) is 0 Å². The Morgan fingerprint density at radius 2 is 0.959 bits per heavy atom. The Balaban J connectivity index is 1.51. The van der Waals surface area contributed by atoms with E-state index in [2.05, 4.69) is 109 Å². The molecule has 49 heavy (non-hydrogen) atoms. The molecule has 3 aromatic rings. The summed E-state index contributed by atoms with van der Waals surface area (Å²) in [6.45, 7) is 8.29. The van der Waals surface area contributed by atoms with Crippen LogP contribution in [0.25, 0.3) is 0 Å². The standard InChI is InChI=1S/C47H77N2/c1-4-6-8-10-12-14-16-17-18-19-21-23-25-33-39-48-40-41-49(43-48)46(38-32-24-22-20-15-13-11-9-7-5-2)47(3,45-36-30-27-31-37-45)42-44-34-28-26-29-35-44/h26-31,34-37,40-41,43,46H,4-25,32-33,38-39,42H2,1-3H3/q+1. The first-order chi connectivity index (χ1) is 24.2. The highest BCUT2D eigenvalue weighted by Gasteiger charge is 2.40. The lowest BCUT2D eigenvalue weighted by Gasteiger charge is -2.37. The van der Waals surface area contributed by atoms with E-state index in [0.29, 0.717) is 6.04 Å². The van der Waals surface area contributed by atoms with E-state index < -0.39 is 0 Å². The van der Waals surface area contributed by atoms with Crippen LogP contribution in [0, 0.1) is 0 Å². The third kappa shape index (κ3) is 16.9. The van der Waals surface area contributed by atoms with Crippen LogP contribution in [0.4, 0.5) is 0 Å². The third-order valence-corrected chi connectivity index (χ3v) is 11.3. The van der Waals surface area contributed by atoms with Crippen LogP contribution in [-0.2, 0) is 18.4 Å². The summed E-state index contributed by atoms with van der Waals surface area (Å²) in [5, 5.41) is 0. The number of rotatable bonds is 31. The molecule has 2 heteroatoms. The van der Waals surface area contributed by atoms with Gasteiger partial charge in [0.15, 0.2) is 0 Å². The molecular formula is C47H77N2+. The molecule has 0 aliphatic carbocycles. The summed E-state index contributed by atoms with van der Waals surface area (Å²) >= 11 is 0. The van der Waals surface area contributed by atoms with Gasteiger partial charge in [0.25, 0.3) is 0 Å². The second-order valence-electron chi connectivity index (χ2n) is 15.6. The molecular weight excluding hydrogens is 593 g/mol. The maximum atomic E-state index is 2.59. The average Bonchev–Trinajstić information content (AvgIpc) is 3.59. The molecule has 0 radical (unpaired) electrons. The van der Waals surface area contributed by atoms with Crippen molar-refractivity contribution in [3.05, 3.63) is 90.5 Å². The Hall–Kier alpha value is -2.35. The maximum Gasteiger partial charge on any atom is 0.244 e. The van der Waals surface area contributed by atoms with E-state index in [9.17, 15) is 0 Å². The molecule has 0 aliphatic heterocycles. The number of nitrogens with zero attached hydrogens (tertiary/aromatic N) is 2. The summed E-state index contributed by atoms with van der Waals surface area (Å²) in [5.74, 6) is 0. The van der Waals surface area contributed by atoms with Crippen LogP contribution in [0.2, 0.25) is 0 Å². The molecule has 0 amide bonds. The van der Waals surface area contributed by atoms with E-state index in [1.54, 1.807) is 0 Å². The van der Waals surface area contributed by atoms with Crippen LogP contribution in [0.3, 0.4) is 0 Å². The van der Waals surface area contributed by atoms with Crippen molar-refractivity contribution in [2.24, 2.45) is 0 Å². The van der Waals surface area contributed by atoms with Gasteiger partial charge in [0.1, 0.15) is 18.4 Å². The zero-order chi connectivity index (χ0) is 34.7. The van der Waals surface area contributed by atoms with Crippen LogP contribution in [0.15, 0.2) is 79.4 Å². The summed E-state index contributed by atoms with van der Waals surface area (Å²) in [7, 11) is 0. The van der Waals surface area contributed by atoms with E-state index >= 15 is 0 Å². The van der Waals surface area contributed by atoms with Crippen molar-refractivity contribution in [3.63, 3.8) is 0 Å². The zero-order valence-electron chi connectivity index (χ0n) is 32.6. The van der Waals surface area contributed by atoms with Crippen molar-refractivity contribution in [1.29, 1.82) is 0 Å². The number of aryl methyl sites for hydroxylation is 1. The predicted octanol–water partition coefficient (Wildman–Crippen LogP) is 14.3.